The Morgan fingerprint density at radius 1 is 1.09 bits per heavy atom. The molecule has 0 aromatic heterocycles. The van der Waals surface area contributed by atoms with Gasteiger partial charge in [0.15, 0.2) is 0 Å². The largest absolute Gasteiger partial charge is 0.379 e. The molecule has 0 bridgehead atoms. The molecule has 0 N–H and O–H groups in total. The molecule has 1 saturated heterocycles. The first-order valence-electron chi connectivity index (χ1n) is 8.51. The highest BCUT2D eigenvalue weighted by atomic mass is 79.9. The van der Waals surface area contributed by atoms with Gasteiger partial charge in [0.1, 0.15) is 0 Å². The molecule has 2 fully saturated rings. The molecule has 0 amide bonds. The predicted octanol–water partition coefficient (Wildman–Crippen LogP) is 3.65. The van der Waals surface area contributed by atoms with Crippen LogP contribution >= 0.6 is 15.9 Å². The van der Waals surface area contributed by atoms with E-state index >= 15 is 0 Å². The monoisotopic (exact) mass is 367 g/mol. The van der Waals surface area contributed by atoms with E-state index in [9.17, 15) is 0 Å². The molecule has 22 heavy (non-hydrogen) atoms. The summed E-state index contributed by atoms with van der Waals surface area (Å²) in [4.78, 5) is 2.59. The second-order valence-electron chi connectivity index (χ2n) is 6.29. The van der Waals surface area contributed by atoms with Gasteiger partial charge in [0.2, 0.25) is 0 Å². The summed E-state index contributed by atoms with van der Waals surface area (Å²) in [6, 6.07) is 9.16. The fourth-order valence-corrected chi connectivity index (χ4v) is 3.84. The average Bonchev–Trinajstić information content (AvgIpc) is 2.58. The maximum Gasteiger partial charge on any atom is 0.0730 e. The van der Waals surface area contributed by atoms with Crippen molar-refractivity contribution < 1.29 is 9.47 Å². The molecule has 4 heteroatoms. The third-order valence-corrected chi connectivity index (χ3v) is 5.35. The van der Waals surface area contributed by atoms with E-state index in [2.05, 4.69) is 45.1 Å². The fraction of sp³-hybridized carbons (Fsp3) is 0.667. The summed E-state index contributed by atoms with van der Waals surface area (Å²) in [6.07, 6.45) is 6.55. The van der Waals surface area contributed by atoms with Crippen molar-refractivity contribution in [3.63, 3.8) is 0 Å². The minimum atomic E-state index is 0.405. The summed E-state index contributed by atoms with van der Waals surface area (Å²) < 4.78 is 12.9. The lowest BCUT2D eigenvalue weighted by atomic mass is 9.91. The van der Waals surface area contributed by atoms with Crippen LogP contribution in [0.2, 0.25) is 0 Å². The van der Waals surface area contributed by atoms with Crippen molar-refractivity contribution in [2.45, 2.75) is 44.2 Å². The lowest BCUT2D eigenvalue weighted by Gasteiger charge is -2.41. The number of ether oxygens (including phenoxy) is 2. The minimum Gasteiger partial charge on any atom is -0.379 e. The third-order valence-electron chi connectivity index (χ3n) is 4.82. The van der Waals surface area contributed by atoms with Crippen LogP contribution in [-0.2, 0) is 15.9 Å². The van der Waals surface area contributed by atoms with Crippen LogP contribution in [0.3, 0.4) is 0 Å². The van der Waals surface area contributed by atoms with Crippen molar-refractivity contribution in [2.75, 3.05) is 32.9 Å². The van der Waals surface area contributed by atoms with Crippen LogP contribution in [0.5, 0.6) is 0 Å². The summed E-state index contributed by atoms with van der Waals surface area (Å²) in [5.74, 6) is 0. The summed E-state index contributed by atoms with van der Waals surface area (Å²) >= 11 is 3.48. The third kappa shape index (κ3) is 4.54. The van der Waals surface area contributed by atoms with E-state index in [4.69, 9.17) is 9.47 Å². The Hall–Kier alpha value is -0.420. The molecular weight excluding hydrogens is 342 g/mol. The molecule has 2 atom stereocenters. The van der Waals surface area contributed by atoms with Crippen LogP contribution in [0.15, 0.2) is 28.7 Å². The van der Waals surface area contributed by atoms with Crippen molar-refractivity contribution in [2.24, 2.45) is 0 Å². The number of benzene rings is 1. The molecule has 1 aromatic rings. The molecule has 0 radical (unpaired) electrons. The molecule has 0 spiro atoms. The Balaban J connectivity index is 1.49. The van der Waals surface area contributed by atoms with E-state index < -0.39 is 0 Å². The summed E-state index contributed by atoms with van der Waals surface area (Å²) in [5.41, 5.74) is 1.35. The Morgan fingerprint density at radius 2 is 1.82 bits per heavy atom. The summed E-state index contributed by atoms with van der Waals surface area (Å²) in [5, 5.41) is 0. The van der Waals surface area contributed by atoms with Crippen LogP contribution in [0.1, 0.15) is 31.2 Å². The number of morpholine rings is 1. The Bertz CT molecular complexity index is 445. The quantitative estimate of drug-likeness (QED) is 0.792. The van der Waals surface area contributed by atoms with Gasteiger partial charge in [-0.05, 0) is 37.0 Å². The van der Waals surface area contributed by atoms with Gasteiger partial charge in [-0.1, -0.05) is 40.9 Å². The van der Waals surface area contributed by atoms with Crippen molar-refractivity contribution in [3.05, 3.63) is 34.3 Å². The number of halogens is 1. The van der Waals surface area contributed by atoms with E-state index in [1.54, 1.807) is 0 Å². The maximum absolute atomic E-state index is 6.29. The van der Waals surface area contributed by atoms with Gasteiger partial charge in [0, 0.05) is 23.6 Å². The van der Waals surface area contributed by atoms with Crippen LogP contribution in [0, 0.1) is 0 Å². The van der Waals surface area contributed by atoms with Gasteiger partial charge in [0.05, 0.1) is 25.9 Å². The molecule has 122 valence electrons. The van der Waals surface area contributed by atoms with Gasteiger partial charge < -0.3 is 9.47 Å². The zero-order valence-corrected chi connectivity index (χ0v) is 14.8. The van der Waals surface area contributed by atoms with Crippen molar-refractivity contribution >= 4 is 15.9 Å². The molecule has 3 nitrogen and oxygen atoms in total. The fourth-order valence-electron chi connectivity index (χ4n) is 3.58. The molecule has 1 aromatic carbocycles. The lowest BCUT2D eigenvalue weighted by Crippen LogP contribution is -2.51. The zero-order chi connectivity index (χ0) is 15.2. The summed E-state index contributed by atoms with van der Waals surface area (Å²) in [6.45, 7) is 4.71. The van der Waals surface area contributed by atoms with E-state index in [1.165, 1.54) is 31.2 Å². The second kappa shape index (κ2) is 8.44. The first kappa shape index (κ1) is 16.4. The average molecular weight is 368 g/mol. The van der Waals surface area contributed by atoms with Gasteiger partial charge in [-0.15, -0.1) is 0 Å². The number of hydrogen-bond acceptors (Lipinski definition) is 3. The molecule has 1 aliphatic carbocycles. The van der Waals surface area contributed by atoms with E-state index in [0.29, 0.717) is 12.1 Å². The number of hydrogen-bond donors (Lipinski definition) is 0. The van der Waals surface area contributed by atoms with Crippen molar-refractivity contribution in [1.82, 2.24) is 4.90 Å². The normalized spacial score (nSPS) is 27.0. The topological polar surface area (TPSA) is 21.7 Å². The molecular formula is C18H26BrNO2. The predicted molar refractivity (Wildman–Crippen MR) is 92.2 cm³/mol. The molecule has 1 saturated carbocycles. The van der Waals surface area contributed by atoms with Crippen LogP contribution in [-0.4, -0.2) is 50.0 Å². The summed E-state index contributed by atoms with van der Waals surface area (Å²) in [7, 11) is 0. The smallest absolute Gasteiger partial charge is 0.0730 e. The van der Waals surface area contributed by atoms with Gasteiger partial charge in [-0.25, -0.2) is 0 Å². The highest BCUT2D eigenvalue weighted by Crippen LogP contribution is 2.26. The van der Waals surface area contributed by atoms with Gasteiger partial charge in [-0.2, -0.15) is 0 Å². The SMILES string of the molecule is Brc1ccc(CCO[C@@H]2CCCC[C@@H]2N2CCOCC2)cc1. The lowest BCUT2D eigenvalue weighted by molar-refractivity contribution is -0.0647. The zero-order valence-electron chi connectivity index (χ0n) is 13.2. The van der Waals surface area contributed by atoms with Gasteiger partial charge >= 0.3 is 0 Å². The second-order valence-corrected chi connectivity index (χ2v) is 7.20. The van der Waals surface area contributed by atoms with Crippen molar-refractivity contribution in [3.8, 4) is 0 Å². The van der Waals surface area contributed by atoms with Crippen LogP contribution < -0.4 is 0 Å². The highest BCUT2D eigenvalue weighted by Gasteiger charge is 2.31. The van der Waals surface area contributed by atoms with Crippen molar-refractivity contribution in [1.29, 1.82) is 0 Å². The van der Waals surface area contributed by atoms with Crippen LogP contribution in [0.4, 0.5) is 0 Å². The minimum absolute atomic E-state index is 0.405. The van der Waals surface area contributed by atoms with Crippen LogP contribution in [0.25, 0.3) is 0 Å². The number of rotatable bonds is 5. The maximum atomic E-state index is 6.29. The molecule has 0 unspecified atom stereocenters. The Labute approximate surface area is 142 Å². The standard InChI is InChI=1S/C18H26BrNO2/c19-16-7-5-15(6-8-16)9-12-22-18-4-2-1-3-17(18)20-10-13-21-14-11-20/h5-8,17-18H,1-4,9-14H2/t17-,18+/m0/s1. The molecule has 3 rings (SSSR count). The number of nitrogens with zero attached hydrogens (tertiary/aromatic N) is 1. The first-order chi connectivity index (χ1) is 10.8. The molecule has 2 aliphatic rings. The highest BCUT2D eigenvalue weighted by molar-refractivity contribution is 9.10. The first-order valence-corrected chi connectivity index (χ1v) is 9.30. The van der Waals surface area contributed by atoms with Gasteiger partial charge in [-0.3, -0.25) is 4.90 Å². The Kier molecular flexibility index (Phi) is 6.30. The van der Waals surface area contributed by atoms with Gasteiger partial charge in [0.25, 0.3) is 0 Å². The molecule has 1 aliphatic heterocycles. The van der Waals surface area contributed by atoms with E-state index in [0.717, 1.165) is 43.8 Å². The van der Waals surface area contributed by atoms with E-state index in [-0.39, 0.29) is 0 Å². The molecule has 1 heterocycles. The Morgan fingerprint density at radius 3 is 2.59 bits per heavy atom. The van der Waals surface area contributed by atoms with E-state index in [1.807, 2.05) is 0 Å².